The fourth-order valence-corrected chi connectivity index (χ4v) is 4.84. The largest absolute Gasteiger partial charge is 0.324 e. The second kappa shape index (κ2) is 5.65. The van der Waals surface area contributed by atoms with Crippen LogP contribution in [0.15, 0.2) is 35.2 Å². The number of sulfonamides is 1. The third kappa shape index (κ3) is 2.47. The SMILES string of the molecule is O=C1Nc2c(Cl)cc(NS(=O)(=O)c3cc(F)ccc3F)cc2C12CCC2. The molecular weight excluding hydrogens is 386 g/mol. The van der Waals surface area contributed by atoms with Gasteiger partial charge in [0.1, 0.15) is 16.5 Å². The highest BCUT2D eigenvalue weighted by Crippen LogP contribution is 2.53. The minimum absolute atomic E-state index is 0.0835. The van der Waals surface area contributed by atoms with E-state index in [4.69, 9.17) is 11.6 Å². The van der Waals surface area contributed by atoms with Gasteiger partial charge in [-0.05, 0) is 48.7 Å². The highest BCUT2D eigenvalue weighted by atomic mass is 35.5. The molecule has 5 nitrogen and oxygen atoms in total. The van der Waals surface area contributed by atoms with Gasteiger partial charge in [0, 0.05) is 0 Å². The zero-order valence-electron chi connectivity index (χ0n) is 13.3. The van der Waals surface area contributed by atoms with Gasteiger partial charge in [0.2, 0.25) is 5.91 Å². The molecule has 0 unspecified atom stereocenters. The number of anilines is 2. The van der Waals surface area contributed by atoms with Crippen LogP contribution in [0.1, 0.15) is 24.8 Å². The standard InChI is InChI=1S/C17H13ClF2N2O3S/c18-12-8-10(7-11-15(12)21-16(23)17(11)4-1-5-17)22-26(24,25)14-6-9(19)2-3-13(14)20/h2-3,6-8,22H,1,4-5H2,(H,21,23). The minimum atomic E-state index is -4.37. The van der Waals surface area contributed by atoms with Crippen LogP contribution in [0.2, 0.25) is 5.02 Å². The average molecular weight is 399 g/mol. The van der Waals surface area contributed by atoms with Crippen molar-refractivity contribution in [2.45, 2.75) is 29.6 Å². The highest BCUT2D eigenvalue weighted by molar-refractivity contribution is 7.92. The lowest BCUT2D eigenvalue weighted by atomic mass is 9.65. The monoisotopic (exact) mass is 398 g/mol. The van der Waals surface area contributed by atoms with E-state index in [1.807, 2.05) is 0 Å². The first-order chi connectivity index (χ1) is 12.2. The van der Waals surface area contributed by atoms with Gasteiger partial charge >= 0.3 is 0 Å². The molecule has 1 fully saturated rings. The lowest BCUT2D eigenvalue weighted by molar-refractivity contribution is -0.123. The molecule has 0 radical (unpaired) electrons. The molecule has 0 atom stereocenters. The molecule has 0 aromatic heterocycles. The molecule has 4 rings (SSSR count). The summed E-state index contributed by atoms with van der Waals surface area (Å²) in [5.74, 6) is -2.10. The Balaban J connectivity index is 1.75. The van der Waals surface area contributed by atoms with E-state index in [0.717, 1.165) is 18.6 Å². The number of fused-ring (bicyclic) bond motifs is 2. The van der Waals surface area contributed by atoms with E-state index >= 15 is 0 Å². The molecule has 1 heterocycles. The third-order valence-corrected chi connectivity index (χ3v) is 6.62. The summed E-state index contributed by atoms with van der Waals surface area (Å²) < 4.78 is 54.3. The van der Waals surface area contributed by atoms with Gasteiger partial charge in [-0.25, -0.2) is 17.2 Å². The second-order valence-corrected chi connectivity index (χ2v) is 8.51. The van der Waals surface area contributed by atoms with Crippen LogP contribution in [-0.4, -0.2) is 14.3 Å². The molecule has 1 amide bonds. The van der Waals surface area contributed by atoms with E-state index in [-0.39, 0.29) is 16.6 Å². The van der Waals surface area contributed by atoms with Gasteiger partial charge in [0.25, 0.3) is 10.0 Å². The summed E-state index contributed by atoms with van der Waals surface area (Å²) in [7, 11) is -4.37. The van der Waals surface area contributed by atoms with Crippen molar-refractivity contribution in [3.8, 4) is 0 Å². The second-order valence-electron chi connectivity index (χ2n) is 6.45. The Hall–Kier alpha value is -2.19. The number of hydrogen-bond donors (Lipinski definition) is 2. The number of halogens is 3. The van der Waals surface area contributed by atoms with Crippen molar-refractivity contribution < 1.29 is 22.0 Å². The summed E-state index contributed by atoms with van der Waals surface area (Å²) in [6.45, 7) is 0. The Morgan fingerprint density at radius 1 is 1.15 bits per heavy atom. The lowest BCUT2D eigenvalue weighted by Crippen LogP contribution is -2.40. The molecule has 0 saturated heterocycles. The molecule has 2 aromatic carbocycles. The molecular formula is C17H13ClF2N2O3S. The summed E-state index contributed by atoms with van der Waals surface area (Å²) in [5.41, 5.74) is 0.486. The van der Waals surface area contributed by atoms with E-state index < -0.39 is 32.0 Å². The number of carbonyl (C=O) groups excluding carboxylic acids is 1. The van der Waals surface area contributed by atoms with E-state index in [1.54, 1.807) is 0 Å². The van der Waals surface area contributed by atoms with E-state index in [9.17, 15) is 22.0 Å². The fraction of sp³-hybridized carbons (Fsp3) is 0.235. The molecule has 9 heteroatoms. The average Bonchev–Trinajstić information content (AvgIpc) is 2.82. The summed E-state index contributed by atoms with van der Waals surface area (Å²) in [6, 6.07) is 5.02. The number of hydrogen-bond acceptors (Lipinski definition) is 3. The summed E-state index contributed by atoms with van der Waals surface area (Å²) in [6.07, 6.45) is 2.18. The molecule has 1 spiro atoms. The molecule has 26 heavy (non-hydrogen) atoms. The van der Waals surface area contributed by atoms with Crippen LogP contribution in [0.25, 0.3) is 0 Å². The fourth-order valence-electron chi connectivity index (χ4n) is 3.45. The van der Waals surface area contributed by atoms with Crippen LogP contribution in [-0.2, 0) is 20.2 Å². The van der Waals surface area contributed by atoms with Gasteiger partial charge in [-0.2, -0.15) is 0 Å². The molecule has 1 aliphatic heterocycles. The van der Waals surface area contributed by atoms with Crippen LogP contribution in [0.5, 0.6) is 0 Å². The summed E-state index contributed by atoms with van der Waals surface area (Å²) >= 11 is 6.20. The normalized spacial score (nSPS) is 17.6. The maximum absolute atomic E-state index is 13.8. The van der Waals surface area contributed by atoms with E-state index in [1.165, 1.54) is 12.1 Å². The Morgan fingerprint density at radius 2 is 1.88 bits per heavy atom. The van der Waals surface area contributed by atoms with Crippen molar-refractivity contribution in [1.82, 2.24) is 0 Å². The Labute approximate surface area is 153 Å². The molecule has 2 aromatic rings. The topological polar surface area (TPSA) is 75.3 Å². The van der Waals surface area contributed by atoms with Crippen LogP contribution >= 0.6 is 11.6 Å². The Bertz CT molecular complexity index is 1050. The predicted molar refractivity (Wildman–Crippen MR) is 92.8 cm³/mol. The van der Waals surface area contributed by atoms with Crippen molar-refractivity contribution in [1.29, 1.82) is 0 Å². The Kier molecular flexibility index (Phi) is 3.75. The molecule has 1 saturated carbocycles. The smallest absolute Gasteiger partial charge is 0.264 e. The highest BCUT2D eigenvalue weighted by Gasteiger charge is 2.51. The molecule has 1 aliphatic carbocycles. The van der Waals surface area contributed by atoms with Gasteiger partial charge in [0.15, 0.2) is 0 Å². The van der Waals surface area contributed by atoms with Crippen molar-refractivity contribution in [3.05, 3.63) is 52.6 Å². The van der Waals surface area contributed by atoms with Gasteiger partial charge in [-0.3, -0.25) is 9.52 Å². The maximum Gasteiger partial charge on any atom is 0.264 e. The molecule has 2 N–H and O–H groups in total. The van der Waals surface area contributed by atoms with Crippen molar-refractivity contribution in [2.75, 3.05) is 10.0 Å². The maximum atomic E-state index is 13.8. The minimum Gasteiger partial charge on any atom is -0.324 e. The predicted octanol–water partition coefficient (Wildman–Crippen LogP) is 3.79. The van der Waals surface area contributed by atoms with Gasteiger partial charge in [-0.15, -0.1) is 0 Å². The third-order valence-electron chi connectivity index (χ3n) is 4.92. The first-order valence-electron chi connectivity index (χ1n) is 7.86. The zero-order chi connectivity index (χ0) is 18.7. The number of amides is 1. The number of rotatable bonds is 3. The zero-order valence-corrected chi connectivity index (χ0v) is 14.8. The van der Waals surface area contributed by atoms with E-state index in [2.05, 4.69) is 10.0 Å². The summed E-state index contributed by atoms with van der Waals surface area (Å²) in [5, 5.41) is 2.92. The molecule has 136 valence electrons. The van der Waals surface area contributed by atoms with Gasteiger partial charge in [0.05, 0.1) is 21.8 Å². The van der Waals surface area contributed by atoms with Crippen molar-refractivity contribution in [2.24, 2.45) is 0 Å². The summed E-state index contributed by atoms with van der Waals surface area (Å²) in [4.78, 5) is 11.5. The number of benzene rings is 2. The van der Waals surface area contributed by atoms with Crippen LogP contribution in [0.4, 0.5) is 20.2 Å². The first-order valence-corrected chi connectivity index (χ1v) is 9.72. The molecule has 0 bridgehead atoms. The number of nitrogens with one attached hydrogen (secondary N) is 2. The molecule has 2 aliphatic rings. The van der Waals surface area contributed by atoms with Gasteiger partial charge in [-0.1, -0.05) is 18.0 Å². The van der Waals surface area contributed by atoms with Crippen molar-refractivity contribution in [3.63, 3.8) is 0 Å². The quantitative estimate of drug-likeness (QED) is 0.825. The van der Waals surface area contributed by atoms with E-state index in [0.29, 0.717) is 30.2 Å². The number of carbonyl (C=O) groups is 1. The van der Waals surface area contributed by atoms with Crippen LogP contribution < -0.4 is 10.0 Å². The van der Waals surface area contributed by atoms with Crippen molar-refractivity contribution >= 4 is 38.9 Å². The van der Waals surface area contributed by atoms with Crippen LogP contribution in [0.3, 0.4) is 0 Å². The Morgan fingerprint density at radius 3 is 2.54 bits per heavy atom. The lowest BCUT2D eigenvalue weighted by Gasteiger charge is -2.36. The first kappa shape index (κ1) is 17.2. The van der Waals surface area contributed by atoms with Gasteiger partial charge < -0.3 is 5.32 Å². The van der Waals surface area contributed by atoms with Crippen LogP contribution in [0, 0.1) is 11.6 Å².